The summed E-state index contributed by atoms with van der Waals surface area (Å²) in [6.45, 7) is 19.2. The molecule has 4 saturated carbocycles. The molecule has 0 bridgehead atoms. The number of aliphatic hydroxyl groups is 1. The molecule has 4 unspecified atom stereocenters. The summed E-state index contributed by atoms with van der Waals surface area (Å²) >= 11 is 0. The third kappa shape index (κ3) is 2.83. The zero-order valence-electron chi connectivity index (χ0n) is 21.5. The van der Waals surface area contributed by atoms with Crippen LogP contribution in [0, 0.1) is 50.7 Å². The zero-order chi connectivity index (χ0) is 23.3. The second kappa shape index (κ2) is 6.83. The number of hydrogen-bond acceptors (Lipinski definition) is 2. The first-order valence-electron chi connectivity index (χ1n) is 13.4. The number of aldehydes is 1. The van der Waals surface area contributed by atoms with E-state index in [9.17, 15) is 9.90 Å². The Morgan fingerprint density at radius 3 is 2.28 bits per heavy atom. The van der Waals surface area contributed by atoms with Crippen LogP contribution in [0.15, 0.2) is 23.8 Å². The molecule has 5 rings (SSSR count). The first-order chi connectivity index (χ1) is 14.8. The Hall–Kier alpha value is -0.890. The molecule has 32 heavy (non-hydrogen) atoms. The monoisotopic (exact) mass is 438 g/mol. The molecule has 5 aliphatic carbocycles. The maximum atomic E-state index is 12.5. The summed E-state index contributed by atoms with van der Waals surface area (Å²) in [5.41, 5.74) is 3.46. The number of carbonyl (C=O) groups excluding carboxylic acids is 1. The predicted molar refractivity (Wildman–Crippen MR) is 131 cm³/mol. The van der Waals surface area contributed by atoms with Gasteiger partial charge >= 0.3 is 0 Å². The second-order valence-electron chi connectivity index (χ2n) is 14.5. The number of aliphatic hydroxyl groups excluding tert-OH is 1. The molecule has 2 heteroatoms. The van der Waals surface area contributed by atoms with Gasteiger partial charge in [-0.3, -0.25) is 0 Å². The molecule has 4 fully saturated rings. The molecule has 0 aromatic heterocycles. The highest BCUT2D eigenvalue weighted by molar-refractivity contribution is 5.63. The number of carbonyl (C=O) groups is 1. The van der Waals surface area contributed by atoms with Crippen LogP contribution in [0.3, 0.4) is 0 Å². The summed E-state index contributed by atoms with van der Waals surface area (Å²) in [7, 11) is 0. The number of hydrogen-bond donors (Lipinski definition) is 1. The van der Waals surface area contributed by atoms with Crippen LogP contribution in [0.5, 0.6) is 0 Å². The normalized spacial score (nSPS) is 51.4. The van der Waals surface area contributed by atoms with E-state index in [4.69, 9.17) is 6.58 Å². The van der Waals surface area contributed by atoms with Gasteiger partial charge in [0.2, 0.25) is 0 Å². The fourth-order valence-electron chi connectivity index (χ4n) is 10.3. The van der Waals surface area contributed by atoms with Crippen molar-refractivity contribution < 1.29 is 9.90 Å². The highest BCUT2D eigenvalue weighted by atomic mass is 16.3. The molecule has 178 valence electrons. The van der Waals surface area contributed by atoms with Crippen LogP contribution in [0.4, 0.5) is 0 Å². The maximum Gasteiger partial charge on any atom is 0.126 e. The lowest BCUT2D eigenvalue weighted by molar-refractivity contribution is -0.174. The van der Waals surface area contributed by atoms with Crippen LogP contribution in [-0.2, 0) is 4.79 Å². The average molecular weight is 439 g/mol. The largest absolute Gasteiger partial charge is 0.393 e. The summed E-state index contributed by atoms with van der Waals surface area (Å²) in [6, 6.07) is 0. The Morgan fingerprint density at radius 2 is 1.59 bits per heavy atom. The molecule has 0 radical (unpaired) electrons. The topological polar surface area (TPSA) is 37.3 Å². The molecular weight excluding hydrogens is 392 g/mol. The van der Waals surface area contributed by atoms with Crippen molar-refractivity contribution in [3.63, 3.8) is 0 Å². The van der Waals surface area contributed by atoms with Gasteiger partial charge in [0, 0.05) is 5.41 Å². The van der Waals surface area contributed by atoms with Crippen molar-refractivity contribution in [2.75, 3.05) is 0 Å². The highest BCUT2D eigenvalue weighted by Crippen LogP contribution is 2.72. The Morgan fingerprint density at radius 1 is 0.906 bits per heavy atom. The van der Waals surface area contributed by atoms with E-state index in [0.29, 0.717) is 29.1 Å². The van der Waals surface area contributed by atoms with Gasteiger partial charge in [-0.25, -0.2) is 0 Å². The first kappa shape index (κ1) is 22.9. The molecule has 1 N–H and O–H groups in total. The van der Waals surface area contributed by atoms with Gasteiger partial charge in [-0.2, -0.15) is 0 Å². The van der Waals surface area contributed by atoms with Crippen LogP contribution in [0.2, 0.25) is 0 Å². The van der Waals surface area contributed by atoms with Crippen LogP contribution >= 0.6 is 0 Å². The lowest BCUT2D eigenvalue weighted by Crippen LogP contribution is -2.62. The Balaban J connectivity index is 1.59. The zero-order valence-corrected chi connectivity index (χ0v) is 21.5. The van der Waals surface area contributed by atoms with Crippen molar-refractivity contribution in [3.05, 3.63) is 23.8 Å². The molecular formula is C30H46O2. The van der Waals surface area contributed by atoms with Gasteiger partial charge in [-0.15, -0.1) is 0 Å². The maximum absolute atomic E-state index is 12.5. The molecule has 0 aromatic rings. The van der Waals surface area contributed by atoms with Crippen LogP contribution < -0.4 is 0 Å². The van der Waals surface area contributed by atoms with Gasteiger partial charge < -0.3 is 9.90 Å². The number of fused-ring (bicyclic) bond motifs is 7. The van der Waals surface area contributed by atoms with Crippen LogP contribution in [0.1, 0.15) is 99.3 Å². The van der Waals surface area contributed by atoms with Gasteiger partial charge in [0.1, 0.15) is 6.29 Å². The van der Waals surface area contributed by atoms with E-state index in [2.05, 4.69) is 47.6 Å². The summed E-state index contributed by atoms with van der Waals surface area (Å²) in [4.78, 5) is 12.5. The summed E-state index contributed by atoms with van der Waals surface area (Å²) in [6.07, 6.45) is 13.7. The summed E-state index contributed by atoms with van der Waals surface area (Å²) in [5.74, 6) is 1.99. The average Bonchev–Trinajstić information content (AvgIpc) is 2.70. The van der Waals surface area contributed by atoms with E-state index in [-0.39, 0.29) is 27.8 Å². The summed E-state index contributed by atoms with van der Waals surface area (Å²) in [5, 5.41) is 10.9. The highest BCUT2D eigenvalue weighted by Gasteiger charge is 2.65. The van der Waals surface area contributed by atoms with E-state index in [0.717, 1.165) is 44.9 Å². The second-order valence-corrected chi connectivity index (χ2v) is 14.5. The molecule has 0 saturated heterocycles. The fourth-order valence-corrected chi connectivity index (χ4v) is 10.3. The van der Waals surface area contributed by atoms with Gasteiger partial charge in [0.25, 0.3) is 0 Å². The smallest absolute Gasteiger partial charge is 0.126 e. The van der Waals surface area contributed by atoms with Gasteiger partial charge in [-0.05, 0) is 103 Å². The van der Waals surface area contributed by atoms with Crippen molar-refractivity contribution in [2.24, 2.45) is 50.7 Å². The Bertz CT molecular complexity index is 864. The third-order valence-electron chi connectivity index (χ3n) is 12.0. The predicted octanol–water partition coefficient (Wildman–Crippen LogP) is 7.12. The lowest BCUT2D eigenvalue weighted by Gasteiger charge is -2.68. The molecule has 8 atom stereocenters. The standard InChI is InChI=1S/C30H46O2/c1-19-16-20-21(8-13-30(18-31)15-14-26(2,3)17-22(20)30)28(6)11-9-23-27(4,5)24(32)10-12-29(23,7)25(19)28/h16,18,21-25,32H,1,8-15,17H2,2-7H3/t21?,22?,23?,24-,25?,28-,29-,30-/m0/s1. The molecule has 0 amide bonds. The van der Waals surface area contributed by atoms with Gasteiger partial charge in [0.15, 0.2) is 0 Å². The van der Waals surface area contributed by atoms with E-state index >= 15 is 0 Å². The summed E-state index contributed by atoms with van der Waals surface area (Å²) < 4.78 is 0. The van der Waals surface area contributed by atoms with Crippen molar-refractivity contribution >= 4 is 6.29 Å². The minimum absolute atomic E-state index is 0.0365. The van der Waals surface area contributed by atoms with E-state index in [1.54, 1.807) is 5.57 Å². The molecule has 2 nitrogen and oxygen atoms in total. The van der Waals surface area contributed by atoms with Crippen molar-refractivity contribution in [3.8, 4) is 0 Å². The van der Waals surface area contributed by atoms with Gasteiger partial charge in [-0.1, -0.05) is 65.3 Å². The first-order valence-corrected chi connectivity index (χ1v) is 13.4. The van der Waals surface area contributed by atoms with E-state index in [1.807, 2.05) is 0 Å². The minimum Gasteiger partial charge on any atom is -0.393 e. The SMILES string of the molecule is C=C1C=C2C3CC(C)(C)CC[C@]3(C=O)CCC2[C@]2(C)CCC3C(C)(C)[C@@H](O)CC[C@]3(C)C12. The molecule has 0 spiro atoms. The molecule has 0 aromatic carbocycles. The van der Waals surface area contributed by atoms with E-state index < -0.39 is 0 Å². The molecule has 0 aliphatic heterocycles. The number of allylic oxidation sites excluding steroid dienone is 3. The third-order valence-corrected chi connectivity index (χ3v) is 12.0. The van der Waals surface area contributed by atoms with Crippen molar-refractivity contribution in [1.82, 2.24) is 0 Å². The van der Waals surface area contributed by atoms with Gasteiger partial charge in [0.05, 0.1) is 6.10 Å². The van der Waals surface area contributed by atoms with Crippen LogP contribution in [-0.4, -0.2) is 17.5 Å². The molecule has 5 aliphatic rings. The van der Waals surface area contributed by atoms with Crippen LogP contribution in [0.25, 0.3) is 0 Å². The minimum atomic E-state index is -0.194. The van der Waals surface area contributed by atoms with Crippen molar-refractivity contribution in [2.45, 2.75) is 105 Å². The molecule has 0 heterocycles. The Kier molecular flexibility index (Phi) is 4.89. The number of rotatable bonds is 1. The lowest BCUT2D eigenvalue weighted by atomic mass is 9.36. The fraction of sp³-hybridized carbons (Fsp3) is 0.833. The van der Waals surface area contributed by atoms with E-state index in [1.165, 1.54) is 24.7 Å². The Labute approximate surface area is 196 Å². The van der Waals surface area contributed by atoms with Crippen molar-refractivity contribution in [1.29, 1.82) is 0 Å². The quantitative estimate of drug-likeness (QED) is 0.442.